The fourth-order valence-corrected chi connectivity index (χ4v) is 3.66. The smallest absolute Gasteiger partial charge is 0.246 e. The van der Waals surface area contributed by atoms with Crippen LogP contribution in [0, 0.1) is 19.8 Å². The number of piperidine rings is 1. The molecule has 0 unspecified atom stereocenters. The summed E-state index contributed by atoms with van der Waals surface area (Å²) in [6.45, 7) is 5.30. The lowest BCUT2D eigenvalue weighted by molar-refractivity contribution is -0.130. The first-order chi connectivity index (χ1) is 13.5. The quantitative estimate of drug-likeness (QED) is 0.750. The molecule has 0 spiro atoms. The lowest BCUT2D eigenvalue weighted by atomic mass is 9.94. The minimum atomic E-state index is -0.0351. The Labute approximate surface area is 167 Å². The molecule has 3 rings (SSSR count). The number of hydrogen-bond acceptors (Lipinski definition) is 2. The molecule has 0 radical (unpaired) electrons. The first-order valence-electron chi connectivity index (χ1n) is 9.82. The van der Waals surface area contributed by atoms with Crippen LogP contribution in [0.1, 0.15) is 29.5 Å². The van der Waals surface area contributed by atoms with E-state index in [2.05, 4.69) is 18.2 Å². The van der Waals surface area contributed by atoms with Crippen molar-refractivity contribution in [1.82, 2.24) is 4.90 Å². The lowest BCUT2D eigenvalue weighted by Crippen LogP contribution is -2.43. The Balaban J connectivity index is 1.57. The maximum absolute atomic E-state index is 13.0. The Bertz CT molecular complexity index is 865. The molecule has 4 heteroatoms. The molecule has 0 saturated carbocycles. The van der Waals surface area contributed by atoms with Crippen LogP contribution >= 0.6 is 0 Å². The van der Waals surface area contributed by atoms with E-state index in [1.54, 1.807) is 11.0 Å². The molecule has 2 amide bonds. The number of aryl methyl sites for hydroxylation is 2. The molecule has 28 heavy (non-hydrogen) atoms. The number of anilines is 1. The number of benzene rings is 2. The monoisotopic (exact) mass is 376 g/mol. The van der Waals surface area contributed by atoms with Crippen LogP contribution in [-0.4, -0.2) is 36.9 Å². The Morgan fingerprint density at radius 1 is 1.04 bits per heavy atom. The van der Waals surface area contributed by atoms with Gasteiger partial charge in [-0.2, -0.15) is 0 Å². The molecular weight excluding hydrogens is 348 g/mol. The molecule has 0 aliphatic carbocycles. The maximum atomic E-state index is 13.0. The first kappa shape index (κ1) is 19.9. The van der Waals surface area contributed by atoms with Gasteiger partial charge >= 0.3 is 0 Å². The van der Waals surface area contributed by atoms with Gasteiger partial charge in [-0.3, -0.25) is 9.59 Å². The standard InChI is InChI=1S/C24H28N2O2/c1-18-9-10-19(2)22(17-18)25(3)24(28)21-13-15-26(16-14-21)23(27)12-11-20-7-5-4-6-8-20/h4-12,17,21H,13-16H2,1-3H3/b12-11+. The van der Waals surface area contributed by atoms with Crippen molar-refractivity contribution in [3.63, 3.8) is 0 Å². The van der Waals surface area contributed by atoms with Crippen LogP contribution in [0.15, 0.2) is 54.6 Å². The van der Waals surface area contributed by atoms with Crippen molar-refractivity contribution >= 4 is 23.6 Å². The molecule has 2 aromatic rings. The highest BCUT2D eigenvalue weighted by atomic mass is 16.2. The van der Waals surface area contributed by atoms with Crippen molar-refractivity contribution in [3.05, 3.63) is 71.3 Å². The second kappa shape index (κ2) is 8.87. The van der Waals surface area contributed by atoms with Gasteiger partial charge in [0, 0.05) is 37.8 Å². The second-order valence-corrected chi connectivity index (χ2v) is 7.53. The summed E-state index contributed by atoms with van der Waals surface area (Å²) in [7, 11) is 1.85. The van der Waals surface area contributed by atoms with E-state index in [1.165, 1.54) is 0 Å². The van der Waals surface area contributed by atoms with E-state index in [9.17, 15) is 9.59 Å². The van der Waals surface area contributed by atoms with E-state index >= 15 is 0 Å². The number of rotatable bonds is 4. The van der Waals surface area contributed by atoms with Gasteiger partial charge in [0.05, 0.1) is 0 Å². The van der Waals surface area contributed by atoms with Crippen LogP contribution in [0.2, 0.25) is 0 Å². The van der Waals surface area contributed by atoms with E-state index < -0.39 is 0 Å². The van der Waals surface area contributed by atoms with E-state index in [-0.39, 0.29) is 17.7 Å². The molecule has 4 nitrogen and oxygen atoms in total. The minimum Gasteiger partial charge on any atom is -0.339 e. The normalized spacial score (nSPS) is 15.0. The van der Waals surface area contributed by atoms with Gasteiger partial charge in [0.1, 0.15) is 0 Å². The number of amides is 2. The van der Waals surface area contributed by atoms with Gasteiger partial charge in [0.2, 0.25) is 11.8 Å². The fourth-order valence-electron chi connectivity index (χ4n) is 3.66. The molecule has 2 aromatic carbocycles. The number of nitrogens with zero attached hydrogens (tertiary/aromatic N) is 2. The highest BCUT2D eigenvalue weighted by Crippen LogP contribution is 2.26. The third-order valence-electron chi connectivity index (χ3n) is 5.43. The molecule has 146 valence electrons. The summed E-state index contributed by atoms with van der Waals surface area (Å²) in [5, 5.41) is 0. The largest absolute Gasteiger partial charge is 0.339 e. The van der Waals surface area contributed by atoms with Gasteiger partial charge in [-0.15, -0.1) is 0 Å². The van der Waals surface area contributed by atoms with Crippen LogP contribution in [0.5, 0.6) is 0 Å². The number of carbonyl (C=O) groups excluding carboxylic acids is 2. The van der Waals surface area contributed by atoms with Crippen LogP contribution < -0.4 is 4.90 Å². The molecule has 1 saturated heterocycles. The Morgan fingerprint density at radius 2 is 1.71 bits per heavy atom. The maximum Gasteiger partial charge on any atom is 0.246 e. The zero-order valence-corrected chi connectivity index (χ0v) is 16.9. The Kier molecular flexibility index (Phi) is 6.30. The van der Waals surface area contributed by atoms with Gasteiger partial charge in [-0.05, 0) is 55.5 Å². The second-order valence-electron chi connectivity index (χ2n) is 7.53. The average Bonchev–Trinajstić information content (AvgIpc) is 2.73. The van der Waals surface area contributed by atoms with Gasteiger partial charge in [0.25, 0.3) is 0 Å². The van der Waals surface area contributed by atoms with Gasteiger partial charge in [0.15, 0.2) is 0 Å². The molecule has 0 aromatic heterocycles. The van der Waals surface area contributed by atoms with E-state index in [0.717, 1.165) is 22.4 Å². The summed E-state index contributed by atoms with van der Waals surface area (Å²) < 4.78 is 0. The molecule has 0 N–H and O–H groups in total. The third kappa shape index (κ3) is 4.69. The van der Waals surface area contributed by atoms with Gasteiger partial charge in [-0.1, -0.05) is 42.5 Å². The van der Waals surface area contributed by atoms with E-state index in [4.69, 9.17) is 0 Å². The van der Waals surface area contributed by atoms with E-state index in [1.807, 2.05) is 62.2 Å². The zero-order chi connectivity index (χ0) is 20.1. The van der Waals surface area contributed by atoms with Crippen molar-refractivity contribution in [1.29, 1.82) is 0 Å². The van der Waals surface area contributed by atoms with Gasteiger partial charge < -0.3 is 9.80 Å². The predicted molar refractivity (Wildman–Crippen MR) is 114 cm³/mol. The topological polar surface area (TPSA) is 40.6 Å². The zero-order valence-electron chi connectivity index (χ0n) is 16.9. The van der Waals surface area contributed by atoms with Crippen molar-refractivity contribution in [3.8, 4) is 0 Å². The highest BCUT2D eigenvalue weighted by molar-refractivity contribution is 5.96. The van der Waals surface area contributed by atoms with Crippen LogP contribution in [-0.2, 0) is 9.59 Å². The van der Waals surface area contributed by atoms with Crippen LogP contribution in [0.3, 0.4) is 0 Å². The lowest BCUT2D eigenvalue weighted by Gasteiger charge is -2.33. The van der Waals surface area contributed by atoms with Crippen molar-refractivity contribution in [2.24, 2.45) is 5.92 Å². The number of carbonyl (C=O) groups is 2. The SMILES string of the molecule is Cc1ccc(C)c(N(C)C(=O)C2CCN(C(=O)/C=C/c3ccccc3)CC2)c1. The molecule has 1 fully saturated rings. The van der Waals surface area contributed by atoms with Crippen LogP contribution in [0.25, 0.3) is 6.08 Å². The number of likely N-dealkylation sites (tertiary alicyclic amines) is 1. The van der Waals surface area contributed by atoms with Crippen LogP contribution in [0.4, 0.5) is 5.69 Å². The molecule has 0 atom stereocenters. The minimum absolute atomic E-state index is 0.0117. The molecule has 1 heterocycles. The molecule has 1 aliphatic rings. The van der Waals surface area contributed by atoms with Gasteiger partial charge in [-0.25, -0.2) is 0 Å². The van der Waals surface area contributed by atoms with Crippen molar-refractivity contribution in [2.75, 3.05) is 25.0 Å². The average molecular weight is 377 g/mol. The Morgan fingerprint density at radius 3 is 2.39 bits per heavy atom. The molecule has 1 aliphatic heterocycles. The first-order valence-corrected chi connectivity index (χ1v) is 9.82. The predicted octanol–water partition coefficient (Wildman–Crippen LogP) is 4.22. The van der Waals surface area contributed by atoms with Crippen molar-refractivity contribution < 1.29 is 9.59 Å². The van der Waals surface area contributed by atoms with Crippen molar-refractivity contribution in [2.45, 2.75) is 26.7 Å². The summed E-state index contributed by atoms with van der Waals surface area (Å²) in [4.78, 5) is 29.0. The summed E-state index contributed by atoms with van der Waals surface area (Å²) in [6.07, 6.45) is 4.88. The summed E-state index contributed by atoms with van der Waals surface area (Å²) in [5.74, 6) is 0.116. The summed E-state index contributed by atoms with van der Waals surface area (Å²) >= 11 is 0. The summed E-state index contributed by atoms with van der Waals surface area (Å²) in [5.41, 5.74) is 4.22. The Hall–Kier alpha value is -2.88. The van der Waals surface area contributed by atoms with E-state index in [0.29, 0.717) is 25.9 Å². The summed E-state index contributed by atoms with van der Waals surface area (Å²) in [6, 6.07) is 16.0. The number of hydrogen-bond donors (Lipinski definition) is 0. The molecule has 0 bridgehead atoms. The highest BCUT2D eigenvalue weighted by Gasteiger charge is 2.29. The molecular formula is C24H28N2O2. The fraction of sp³-hybridized carbons (Fsp3) is 0.333. The third-order valence-corrected chi connectivity index (χ3v) is 5.43.